The lowest BCUT2D eigenvalue weighted by Crippen LogP contribution is -2.22. The molecular formula is C14H16ClF2N3. The van der Waals surface area contributed by atoms with Gasteiger partial charge in [0.1, 0.15) is 5.69 Å². The Morgan fingerprint density at radius 1 is 1.25 bits per heavy atom. The van der Waals surface area contributed by atoms with E-state index in [1.807, 2.05) is 13.8 Å². The third-order valence-electron chi connectivity index (χ3n) is 2.86. The largest absolute Gasteiger partial charge is 0.310 e. The zero-order valence-electron chi connectivity index (χ0n) is 11.3. The number of rotatable bonds is 5. The average Bonchev–Trinajstić information content (AvgIpc) is 2.81. The fraction of sp³-hybridized carbons (Fsp3) is 0.357. The fourth-order valence-electron chi connectivity index (χ4n) is 1.86. The molecule has 0 atom stereocenters. The molecule has 6 heteroatoms. The van der Waals surface area contributed by atoms with E-state index in [1.54, 1.807) is 24.3 Å². The van der Waals surface area contributed by atoms with Gasteiger partial charge in [-0.1, -0.05) is 25.4 Å². The summed E-state index contributed by atoms with van der Waals surface area (Å²) in [4.78, 5) is 0. The molecule has 3 nitrogen and oxygen atoms in total. The van der Waals surface area contributed by atoms with Crippen LogP contribution in [-0.2, 0) is 6.54 Å². The molecule has 1 N–H and O–H groups in total. The van der Waals surface area contributed by atoms with E-state index in [4.69, 9.17) is 11.6 Å². The van der Waals surface area contributed by atoms with Crippen LogP contribution in [0.2, 0.25) is 5.02 Å². The van der Waals surface area contributed by atoms with Crippen molar-refractivity contribution in [2.75, 3.05) is 0 Å². The Kier molecular flexibility index (Phi) is 4.73. The van der Waals surface area contributed by atoms with Crippen LogP contribution >= 0.6 is 11.6 Å². The molecule has 0 aliphatic carbocycles. The zero-order valence-corrected chi connectivity index (χ0v) is 12.0. The van der Waals surface area contributed by atoms with Gasteiger partial charge in [-0.05, 0) is 24.3 Å². The lowest BCUT2D eigenvalue weighted by Gasteiger charge is -2.11. The second-order valence-electron chi connectivity index (χ2n) is 4.78. The van der Waals surface area contributed by atoms with Crippen LogP contribution in [-0.4, -0.2) is 15.8 Å². The summed E-state index contributed by atoms with van der Waals surface area (Å²) in [5.41, 5.74) is 0.990. The van der Waals surface area contributed by atoms with Crippen molar-refractivity contribution in [3.63, 3.8) is 0 Å². The molecule has 0 bridgehead atoms. The minimum Gasteiger partial charge on any atom is -0.310 e. The van der Waals surface area contributed by atoms with Gasteiger partial charge in [-0.3, -0.25) is 0 Å². The fourth-order valence-corrected chi connectivity index (χ4v) is 1.99. The average molecular weight is 300 g/mol. The number of aromatic nitrogens is 2. The maximum atomic E-state index is 13.3. The molecule has 108 valence electrons. The highest BCUT2D eigenvalue weighted by Gasteiger charge is 2.20. The minimum absolute atomic E-state index is 0.0829. The number of nitrogens with zero attached hydrogens (tertiary/aromatic N) is 2. The van der Waals surface area contributed by atoms with Gasteiger partial charge >= 0.3 is 0 Å². The number of halogens is 3. The van der Waals surface area contributed by atoms with Gasteiger partial charge in [0.25, 0.3) is 6.43 Å². The first-order valence-electron chi connectivity index (χ1n) is 6.33. The van der Waals surface area contributed by atoms with Gasteiger partial charge in [0.15, 0.2) is 0 Å². The lowest BCUT2D eigenvalue weighted by atomic mass is 10.2. The van der Waals surface area contributed by atoms with Crippen molar-refractivity contribution < 1.29 is 8.78 Å². The van der Waals surface area contributed by atoms with E-state index in [1.165, 1.54) is 10.9 Å². The second kappa shape index (κ2) is 6.33. The van der Waals surface area contributed by atoms with Crippen molar-refractivity contribution in [1.82, 2.24) is 15.1 Å². The molecule has 1 aromatic heterocycles. The van der Waals surface area contributed by atoms with E-state index in [9.17, 15) is 8.78 Å². The van der Waals surface area contributed by atoms with Gasteiger partial charge in [-0.2, -0.15) is 5.10 Å². The third kappa shape index (κ3) is 3.35. The Balaban J connectivity index is 2.36. The topological polar surface area (TPSA) is 29.9 Å². The number of benzene rings is 1. The molecule has 0 aliphatic rings. The van der Waals surface area contributed by atoms with Crippen LogP contribution in [0, 0.1) is 0 Å². The highest BCUT2D eigenvalue weighted by atomic mass is 35.5. The summed E-state index contributed by atoms with van der Waals surface area (Å²) in [6.45, 7) is 4.29. The van der Waals surface area contributed by atoms with Crippen LogP contribution in [0.5, 0.6) is 0 Å². The van der Waals surface area contributed by atoms with Crippen molar-refractivity contribution in [2.45, 2.75) is 32.9 Å². The van der Waals surface area contributed by atoms with Gasteiger partial charge in [0.2, 0.25) is 0 Å². The van der Waals surface area contributed by atoms with Crippen molar-refractivity contribution in [3.05, 3.63) is 46.7 Å². The monoisotopic (exact) mass is 299 g/mol. The summed E-state index contributed by atoms with van der Waals surface area (Å²) >= 11 is 5.80. The van der Waals surface area contributed by atoms with Gasteiger partial charge < -0.3 is 5.32 Å². The molecule has 0 aliphatic heterocycles. The first kappa shape index (κ1) is 14.9. The molecule has 2 aromatic rings. The molecule has 0 spiro atoms. The van der Waals surface area contributed by atoms with Crippen LogP contribution < -0.4 is 5.32 Å². The van der Waals surface area contributed by atoms with E-state index in [-0.39, 0.29) is 11.7 Å². The predicted octanol–water partition coefficient (Wildman–Crippen LogP) is 3.96. The van der Waals surface area contributed by atoms with Gasteiger partial charge in [-0.25, -0.2) is 13.5 Å². The standard InChI is InChI=1S/C14H16ClF2N3/c1-9(2)18-7-10-8-19-20(13(10)14(16)17)12-5-3-11(15)4-6-12/h3-6,8-9,14,18H,7H2,1-2H3. The Hall–Kier alpha value is -1.46. The van der Waals surface area contributed by atoms with Crippen molar-refractivity contribution in [2.24, 2.45) is 0 Å². The van der Waals surface area contributed by atoms with Crippen molar-refractivity contribution >= 4 is 11.6 Å². The first-order chi connectivity index (χ1) is 9.49. The van der Waals surface area contributed by atoms with Crippen LogP contribution in [0.4, 0.5) is 8.78 Å². The first-order valence-corrected chi connectivity index (χ1v) is 6.71. The van der Waals surface area contributed by atoms with E-state index in [2.05, 4.69) is 10.4 Å². The van der Waals surface area contributed by atoms with Gasteiger partial charge in [-0.15, -0.1) is 0 Å². The predicted molar refractivity (Wildman–Crippen MR) is 75.5 cm³/mol. The third-order valence-corrected chi connectivity index (χ3v) is 3.12. The molecule has 0 saturated heterocycles. The highest BCUT2D eigenvalue weighted by molar-refractivity contribution is 6.30. The van der Waals surface area contributed by atoms with E-state index < -0.39 is 6.43 Å². The van der Waals surface area contributed by atoms with E-state index >= 15 is 0 Å². The highest BCUT2D eigenvalue weighted by Crippen LogP contribution is 2.26. The van der Waals surface area contributed by atoms with Crippen LogP contribution in [0.25, 0.3) is 5.69 Å². The van der Waals surface area contributed by atoms with Gasteiger partial charge in [0.05, 0.1) is 11.9 Å². The Morgan fingerprint density at radius 2 is 1.90 bits per heavy atom. The van der Waals surface area contributed by atoms with E-state index in [0.717, 1.165) is 0 Å². The van der Waals surface area contributed by atoms with Crippen molar-refractivity contribution in [3.8, 4) is 5.69 Å². The summed E-state index contributed by atoms with van der Waals surface area (Å²) in [7, 11) is 0. The normalized spacial score (nSPS) is 11.6. The van der Waals surface area contributed by atoms with Crippen molar-refractivity contribution in [1.29, 1.82) is 0 Å². The number of alkyl halides is 2. The molecule has 1 aromatic carbocycles. The lowest BCUT2D eigenvalue weighted by molar-refractivity contribution is 0.141. The molecule has 0 saturated carbocycles. The smallest absolute Gasteiger partial charge is 0.280 e. The molecule has 2 rings (SSSR count). The summed E-state index contributed by atoms with van der Waals surface area (Å²) in [6, 6.07) is 6.86. The Bertz CT molecular complexity index is 564. The molecule has 0 fully saturated rings. The molecule has 0 radical (unpaired) electrons. The Morgan fingerprint density at radius 3 is 2.45 bits per heavy atom. The minimum atomic E-state index is -2.59. The van der Waals surface area contributed by atoms with Crippen LogP contribution in [0.3, 0.4) is 0 Å². The zero-order chi connectivity index (χ0) is 14.7. The molecule has 1 heterocycles. The van der Waals surface area contributed by atoms with Crippen LogP contribution in [0.15, 0.2) is 30.5 Å². The van der Waals surface area contributed by atoms with E-state index in [0.29, 0.717) is 22.8 Å². The Labute approximate surface area is 121 Å². The summed E-state index contributed by atoms with van der Waals surface area (Å²) in [6.07, 6.45) is -1.11. The maximum Gasteiger partial charge on any atom is 0.280 e. The number of hydrogen-bond donors (Lipinski definition) is 1. The SMILES string of the molecule is CC(C)NCc1cnn(-c2ccc(Cl)cc2)c1C(F)F. The number of hydrogen-bond acceptors (Lipinski definition) is 2. The summed E-state index contributed by atoms with van der Waals surface area (Å²) in [5.74, 6) is 0. The molecule has 0 amide bonds. The molecule has 0 unspecified atom stereocenters. The summed E-state index contributed by atoms with van der Waals surface area (Å²) in [5, 5.41) is 7.75. The number of nitrogens with one attached hydrogen (secondary N) is 1. The van der Waals surface area contributed by atoms with Crippen LogP contribution in [0.1, 0.15) is 31.5 Å². The second-order valence-corrected chi connectivity index (χ2v) is 5.22. The molecular weight excluding hydrogens is 284 g/mol. The summed E-state index contributed by atoms with van der Waals surface area (Å²) < 4.78 is 27.9. The maximum absolute atomic E-state index is 13.3. The molecule has 20 heavy (non-hydrogen) atoms. The quantitative estimate of drug-likeness (QED) is 0.905. The van der Waals surface area contributed by atoms with Gasteiger partial charge in [0, 0.05) is 23.2 Å².